The number of rotatable bonds is 6. The van der Waals surface area contributed by atoms with Gasteiger partial charge in [0, 0.05) is 23.0 Å². The molecule has 0 spiro atoms. The smallest absolute Gasteiger partial charge is 0.333 e. The van der Waals surface area contributed by atoms with Gasteiger partial charge in [0.25, 0.3) is 0 Å². The van der Waals surface area contributed by atoms with Crippen molar-refractivity contribution in [2.45, 2.75) is 32.3 Å². The van der Waals surface area contributed by atoms with Crippen LogP contribution in [0.1, 0.15) is 35.4 Å². The van der Waals surface area contributed by atoms with Gasteiger partial charge in [-0.05, 0) is 73.2 Å². The second kappa shape index (κ2) is 8.32. The van der Waals surface area contributed by atoms with Gasteiger partial charge in [-0.3, -0.25) is 10.4 Å². The van der Waals surface area contributed by atoms with Gasteiger partial charge in [-0.25, -0.2) is 10.6 Å². The summed E-state index contributed by atoms with van der Waals surface area (Å²) in [6.45, 7) is 2.40. The average Bonchev–Trinajstić information content (AvgIpc) is 3.59. The summed E-state index contributed by atoms with van der Waals surface area (Å²) in [6.07, 6.45) is 4.12. The lowest BCUT2D eigenvalue weighted by molar-refractivity contribution is 0.252. The third kappa shape index (κ3) is 4.38. The summed E-state index contributed by atoms with van der Waals surface area (Å²) in [7, 11) is 0. The predicted molar refractivity (Wildman–Crippen MR) is 114 cm³/mol. The average molecular weight is 388 g/mol. The number of benzene rings is 2. The van der Waals surface area contributed by atoms with E-state index in [1.165, 1.54) is 5.56 Å². The highest BCUT2D eigenvalue weighted by Crippen LogP contribution is 2.43. The first-order valence-corrected chi connectivity index (χ1v) is 9.70. The van der Waals surface area contributed by atoms with Crippen molar-refractivity contribution in [2.75, 3.05) is 5.32 Å². The van der Waals surface area contributed by atoms with E-state index in [-0.39, 0.29) is 0 Å². The quantitative estimate of drug-likeness (QED) is 0.329. The fourth-order valence-electron chi connectivity index (χ4n) is 3.47. The van der Waals surface area contributed by atoms with Crippen molar-refractivity contribution in [3.8, 4) is 17.0 Å². The molecule has 4 N–H and O–H groups in total. The van der Waals surface area contributed by atoms with E-state index >= 15 is 0 Å². The lowest BCUT2D eigenvalue weighted by Gasteiger charge is -2.17. The molecule has 0 aliphatic heterocycles. The molecule has 1 heterocycles. The molecular formula is C23H24N4O2. The summed E-state index contributed by atoms with van der Waals surface area (Å²) >= 11 is 0. The van der Waals surface area contributed by atoms with Crippen molar-refractivity contribution in [3.05, 3.63) is 77.5 Å². The van der Waals surface area contributed by atoms with Crippen molar-refractivity contribution >= 4 is 11.7 Å². The molecule has 6 nitrogen and oxygen atoms in total. The molecule has 0 unspecified atom stereocenters. The standard InChI is InChI=1S/C23H24N4O2/c1-15-13-17(20-6-2-3-12-25-20)10-11-22(15)29-14-19-18(16-8-9-16)5-4-7-21(19)26-23(28)27-24/h2-7,10-13,16H,8-9,14,24H2,1H3,(H2,26,27,28). The lowest BCUT2D eigenvalue weighted by atomic mass is 10.0. The summed E-state index contributed by atoms with van der Waals surface area (Å²) in [5.41, 5.74) is 8.07. The predicted octanol–water partition coefficient (Wildman–Crippen LogP) is 4.51. The van der Waals surface area contributed by atoms with E-state index in [0.29, 0.717) is 12.5 Å². The van der Waals surface area contributed by atoms with Gasteiger partial charge < -0.3 is 10.1 Å². The Morgan fingerprint density at radius 1 is 1.17 bits per heavy atom. The first-order valence-electron chi connectivity index (χ1n) is 9.70. The second-order valence-electron chi connectivity index (χ2n) is 7.23. The molecule has 1 aliphatic carbocycles. The minimum Gasteiger partial charge on any atom is -0.489 e. The lowest BCUT2D eigenvalue weighted by Crippen LogP contribution is -2.34. The molecule has 2 aromatic carbocycles. The van der Waals surface area contributed by atoms with Crippen molar-refractivity contribution in [3.63, 3.8) is 0 Å². The summed E-state index contributed by atoms with van der Waals surface area (Å²) in [5, 5.41) is 2.80. The Hall–Kier alpha value is -3.38. The second-order valence-corrected chi connectivity index (χ2v) is 7.23. The molecule has 4 rings (SSSR count). The van der Waals surface area contributed by atoms with Crippen LogP contribution in [0.15, 0.2) is 60.8 Å². The highest BCUT2D eigenvalue weighted by Gasteiger charge is 2.27. The molecule has 1 fully saturated rings. The van der Waals surface area contributed by atoms with Crippen LogP contribution in [0.3, 0.4) is 0 Å². The zero-order valence-corrected chi connectivity index (χ0v) is 16.3. The number of nitrogens with zero attached hydrogens (tertiary/aromatic N) is 1. The van der Waals surface area contributed by atoms with Gasteiger partial charge in [-0.1, -0.05) is 18.2 Å². The maximum absolute atomic E-state index is 11.7. The van der Waals surface area contributed by atoms with Crippen LogP contribution in [0.4, 0.5) is 10.5 Å². The summed E-state index contributed by atoms with van der Waals surface area (Å²) < 4.78 is 6.16. The van der Waals surface area contributed by atoms with Gasteiger partial charge in [0.05, 0.1) is 5.69 Å². The van der Waals surface area contributed by atoms with Gasteiger partial charge in [0.1, 0.15) is 12.4 Å². The van der Waals surface area contributed by atoms with E-state index in [2.05, 4.69) is 27.9 Å². The number of hydrogen-bond acceptors (Lipinski definition) is 4. The van der Waals surface area contributed by atoms with E-state index in [9.17, 15) is 4.79 Å². The number of hydrogen-bond donors (Lipinski definition) is 3. The minimum absolute atomic E-state index is 0.372. The molecule has 2 amide bonds. The normalized spacial score (nSPS) is 13.0. The number of nitrogens with one attached hydrogen (secondary N) is 2. The molecule has 0 atom stereocenters. The number of hydrazine groups is 1. The monoisotopic (exact) mass is 388 g/mol. The molecule has 1 aromatic heterocycles. The molecule has 0 saturated heterocycles. The van der Waals surface area contributed by atoms with E-state index in [1.54, 1.807) is 6.20 Å². The molecule has 3 aromatic rings. The number of nitrogens with two attached hydrogens (primary N) is 1. The first-order chi connectivity index (χ1) is 14.2. The Kier molecular flexibility index (Phi) is 5.44. The first kappa shape index (κ1) is 19.0. The molecular weight excluding hydrogens is 364 g/mol. The number of amides is 2. The number of ether oxygens (including phenoxy) is 1. The fraction of sp³-hybridized carbons (Fsp3) is 0.217. The van der Waals surface area contributed by atoms with Crippen molar-refractivity contribution < 1.29 is 9.53 Å². The molecule has 6 heteroatoms. The number of aryl methyl sites for hydroxylation is 1. The number of urea groups is 1. The van der Waals surface area contributed by atoms with Crippen LogP contribution in [-0.2, 0) is 6.61 Å². The Bertz CT molecular complexity index is 1020. The van der Waals surface area contributed by atoms with Gasteiger partial charge in [-0.2, -0.15) is 0 Å². The molecule has 29 heavy (non-hydrogen) atoms. The minimum atomic E-state index is -0.449. The number of carbonyl (C=O) groups is 1. The largest absolute Gasteiger partial charge is 0.489 e. The molecule has 1 aliphatic rings. The zero-order valence-electron chi connectivity index (χ0n) is 16.3. The topological polar surface area (TPSA) is 89.3 Å². The van der Waals surface area contributed by atoms with Crippen molar-refractivity contribution in [1.82, 2.24) is 10.4 Å². The van der Waals surface area contributed by atoms with Crippen LogP contribution in [-0.4, -0.2) is 11.0 Å². The third-order valence-corrected chi connectivity index (χ3v) is 5.12. The summed E-state index contributed by atoms with van der Waals surface area (Å²) in [4.78, 5) is 16.1. The van der Waals surface area contributed by atoms with E-state index in [0.717, 1.165) is 46.7 Å². The van der Waals surface area contributed by atoms with Crippen LogP contribution in [0.2, 0.25) is 0 Å². The van der Waals surface area contributed by atoms with Crippen LogP contribution in [0.5, 0.6) is 5.75 Å². The van der Waals surface area contributed by atoms with Crippen LogP contribution in [0, 0.1) is 6.92 Å². The summed E-state index contributed by atoms with van der Waals surface area (Å²) in [6, 6.07) is 17.4. The Morgan fingerprint density at radius 2 is 2.03 bits per heavy atom. The Labute approximate surface area is 170 Å². The van der Waals surface area contributed by atoms with E-state index in [1.807, 2.05) is 49.4 Å². The number of pyridine rings is 1. The van der Waals surface area contributed by atoms with Gasteiger partial charge in [-0.15, -0.1) is 0 Å². The highest BCUT2D eigenvalue weighted by molar-refractivity contribution is 5.90. The van der Waals surface area contributed by atoms with Gasteiger partial charge in [0.2, 0.25) is 0 Å². The maximum atomic E-state index is 11.7. The molecule has 148 valence electrons. The van der Waals surface area contributed by atoms with Gasteiger partial charge >= 0.3 is 6.03 Å². The third-order valence-electron chi connectivity index (χ3n) is 5.12. The fourth-order valence-corrected chi connectivity index (χ4v) is 3.47. The number of anilines is 1. The Morgan fingerprint density at radius 3 is 2.72 bits per heavy atom. The van der Waals surface area contributed by atoms with E-state index < -0.39 is 6.03 Å². The summed E-state index contributed by atoms with van der Waals surface area (Å²) in [5.74, 6) is 6.57. The van der Waals surface area contributed by atoms with E-state index in [4.69, 9.17) is 10.6 Å². The number of aromatic nitrogens is 1. The van der Waals surface area contributed by atoms with Crippen LogP contribution >= 0.6 is 0 Å². The molecule has 0 radical (unpaired) electrons. The molecule has 0 bridgehead atoms. The van der Waals surface area contributed by atoms with Crippen molar-refractivity contribution in [1.29, 1.82) is 0 Å². The Balaban J connectivity index is 1.56. The van der Waals surface area contributed by atoms with Gasteiger partial charge in [0.15, 0.2) is 0 Å². The highest BCUT2D eigenvalue weighted by atomic mass is 16.5. The zero-order chi connectivity index (χ0) is 20.2. The number of carbonyl (C=O) groups excluding carboxylic acids is 1. The maximum Gasteiger partial charge on any atom is 0.333 e. The van der Waals surface area contributed by atoms with Crippen LogP contribution < -0.4 is 21.3 Å². The van der Waals surface area contributed by atoms with Crippen LogP contribution in [0.25, 0.3) is 11.3 Å². The SMILES string of the molecule is Cc1cc(-c2ccccn2)ccc1OCc1c(NC(=O)NN)cccc1C1CC1. The molecule has 1 saturated carbocycles. The van der Waals surface area contributed by atoms with Crippen molar-refractivity contribution in [2.24, 2.45) is 5.84 Å².